The third-order valence-corrected chi connectivity index (χ3v) is 2.63. The first-order chi connectivity index (χ1) is 8.93. The topological polar surface area (TPSA) is 61.5 Å². The van der Waals surface area contributed by atoms with Crippen LogP contribution in [-0.2, 0) is 16.0 Å². The Balaban J connectivity index is 0.00000361. The van der Waals surface area contributed by atoms with Crippen LogP contribution in [0.1, 0.15) is 11.1 Å². The van der Waals surface area contributed by atoms with Crippen molar-refractivity contribution in [1.82, 2.24) is 0 Å². The Bertz CT molecular complexity index is 444. The summed E-state index contributed by atoms with van der Waals surface area (Å²) in [5.41, 5.74) is 7.33. The third kappa shape index (κ3) is 5.71. The molecular formula is C13H18ClF2NO3. The zero-order valence-electron chi connectivity index (χ0n) is 11.3. The molecule has 0 bridgehead atoms. The average Bonchev–Trinajstić information content (AvgIpc) is 2.38. The first kappa shape index (κ1) is 18.6. The van der Waals surface area contributed by atoms with Gasteiger partial charge in [-0.3, -0.25) is 4.79 Å². The second-order valence-corrected chi connectivity index (χ2v) is 4.12. The lowest BCUT2D eigenvalue weighted by molar-refractivity contribution is -0.142. The molecule has 0 aromatic heterocycles. The van der Waals surface area contributed by atoms with Crippen molar-refractivity contribution in [1.29, 1.82) is 0 Å². The summed E-state index contributed by atoms with van der Waals surface area (Å²) in [6, 6.07) is 4.19. The van der Waals surface area contributed by atoms with Gasteiger partial charge in [-0.15, -0.1) is 12.4 Å². The van der Waals surface area contributed by atoms with Gasteiger partial charge in [-0.1, -0.05) is 6.07 Å². The van der Waals surface area contributed by atoms with E-state index in [4.69, 9.17) is 10.5 Å². The fourth-order valence-corrected chi connectivity index (χ4v) is 1.62. The van der Waals surface area contributed by atoms with E-state index in [9.17, 15) is 13.6 Å². The highest BCUT2D eigenvalue weighted by atomic mass is 35.5. The van der Waals surface area contributed by atoms with Crippen LogP contribution in [-0.4, -0.2) is 32.2 Å². The number of hydrogen-bond acceptors (Lipinski definition) is 4. The number of nitrogens with two attached hydrogens (primary N) is 1. The Kier molecular flexibility index (Phi) is 8.10. The number of halogens is 3. The molecule has 7 heteroatoms. The number of hydrogen-bond donors (Lipinski definition) is 1. The highest BCUT2D eigenvalue weighted by Gasteiger charge is 2.15. The van der Waals surface area contributed by atoms with Gasteiger partial charge in [0.25, 0.3) is 6.43 Å². The number of alkyl halides is 2. The van der Waals surface area contributed by atoms with E-state index in [1.54, 1.807) is 25.1 Å². The highest BCUT2D eigenvalue weighted by molar-refractivity contribution is 5.85. The zero-order chi connectivity index (χ0) is 14.4. The van der Waals surface area contributed by atoms with Gasteiger partial charge < -0.3 is 15.2 Å². The van der Waals surface area contributed by atoms with Crippen LogP contribution in [0.4, 0.5) is 8.78 Å². The van der Waals surface area contributed by atoms with Crippen molar-refractivity contribution in [3.8, 4) is 5.75 Å². The molecule has 1 unspecified atom stereocenters. The Labute approximate surface area is 122 Å². The summed E-state index contributed by atoms with van der Waals surface area (Å²) in [5.74, 6) is -0.120. The van der Waals surface area contributed by atoms with E-state index in [1.807, 2.05) is 0 Å². The second kappa shape index (κ2) is 8.71. The molecular weight excluding hydrogens is 292 g/mol. The van der Waals surface area contributed by atoms with Gasteiger partial charge in [-0.25, -0.2) is 8.78 Å². The Morgan fingerprint density at radius 2 is 2.05 bits per heavy atom. The number of benzene rings is 1. The van der Waals surface area contributed by atoms with Crippen molar-refractivity contribution >= 4 is 18.4 Å². The smallest absolute Gasteiger partial charge is 0.322 e. The minimum Gasteiger partial charge on any atom is -0.488 e. The molecule has 0 fully saturated rings. The summed E-state index contributed by atoms with van der Waals surface area (Å²) in [5, 5.41) is 0. The van der Waals surface area contributed by atoms with Crippen molar-refractivity contribution in [2.45, 2.75) is 25.8 Å². The standard InChI is InChI=1S/C13H17F2NO3.ClH/c1-8-5-10(19-7-12(14)15)4-3-9(8)6-11(16)13(17)18-2;/h3-5,11-12H,6-7,16H2,1-2H3;1H. The number of ether oxygens (including phenoxy) is 2. The van der Waals surface area contributed by atoms with Crippen LogP contribution >= 0.6 is 12.4 Å². The number of rotatable bonds is 6. The van der Waals surface area contributed by atoms with E-state index in [-0.39, 0.29) is 12.4 Å². The molecule has 1 rings (SSSR count). The predicted molar refractivity (Wildman–Crippen MR) is 73.6 cm³/mol. The molecule has 1 atom stereocenters. The number of carbonyl (C=O) groups is 1. The predicted octanol–water partition coefficient (Wildman–Crippen LogP) is 2.10. The lowest BCUT2D eigenvalue weighted by Gasteiger charge is -2.13. The molecule has 0 aliphatic heterocycles. The van der Waals surface area contributed by atoms with Crippen molar-refractivity contribution in [2.75, 3.05) is 13.7 Å². The summed E-state index contributed by atoms with van der Waals surface area (Å²) in [6.45, 7) is 1.16. The molecule has 0 saturated heterocycles. The van der Waals surface area contributed by atoms with Crippen LogP contribution in [0.3, 0.4) is 0 Å². The quantitative estimate of drug-likeness (QED) is 0.818. The van der Waals surface area contributed by atoms with Crippen LogP contribution < -0.4 is 10.5 Å². The monoisotopic (exact) mass is 309 g/mol. The minimum atomic E-state index is -2.51. The molecule has 0 heterocycles. The highest BCUT2D eigenvalue weighted by Crippen LogP contribution is 2.19. The molecule has 114 valence electrons. The Morgan fingerprint density at radius 3 is 2.55 bits per heavy atom. The molecule has 1 aromatic rings. The zero-order valence-corrected chi connectivity index (χ0v) is 12.1. The summed E-state index contributed by atoms with van der Waals surface area (Å²) in [6.07, 6.45) is -2.18. The lowest BCUT2D eigenvalue weighted by Crippen LogP contribution is -2.33. The van der Waals surface area contributed by atoms with Crippen LogP contribution in [0, 0.1) is 6.92 Å². The van der Waals surface area contributed by atoms with E-state index in [0.29, 0.717) is 12.2 Å². The van der Waals surface area contributed by atoms with E-state index in [0.717, 1.165) is 11.1 Å². The largest absolute Gasteiger partial charge is 0.488 e. The van der Waals surface area contributed by atoms with Crippen molar-refractivity contribution in [3.63, 3.8) is 0 Å². The van der Waals surface area contributed by atoms with E-state index < -0.39 is 25.0 Å². The molecule has 0 amide bonds. The summed E-state index contributed by atoms with van der Waals surface area (Å²) >= 11 is 0. The van der Waals surface area contributed by atoms with E-state index in [2.05, 4.69) is 4.74 Å². The molecule has 0 spiro atoms. The minimum absolute atomic E-state index is 0. The van der Waals surface area contributed by atoms with Gasteiger partial charge in [0.15, 0.2) is 0 Å². The van der Waals surface area contributed by atoms with Crippen molar-refractivity contribution < 1.29 is 23.0 Å². The molecule has 20 heavy (non-hydrogen) atoms. The second-order valence-electron chi connectivity index (χ2n) is 4.12. The van der Waals surface area contributed by atoms with Gasteiger partial charge in [0.05, 0.1) is 7.11 Å². The first-order valence-electron chi connectivity index (χ1n) is 5.78. The third-order valence-electron chi connectivity index (χ3n) is 2.63. The molecule has 1 aromatic carbocycles. The SMILES string of the molecule is COC(=O)C(N)Cc1ccc(OCC(F)F)cc1C.Cl. The van der Waals surface area contributed by atoms with E-state index in [1.165, 1.54) is 7.11 Å². The van der Waals surface area contributed by atoms with Crippen molar-refractivity contribution in [3.05, 3.63) is 29.3 Å². The van der Waals surface area contributed by atoms with Gasteiger partial charge in [-0.2, -0.15) is 0 Å². The molecule has 0 radical (unpaired) electrons. The van der Waals surface area contributed by atoms with Crippen LogP contribution in [0.15, 0.2) is 18.2 Å². The van der Waals surface area contributed by atoms with Gasteiger partial charge in [0.2, 0.25) is 0 Å². The average molecular weight is 310 g/mol. The first-order valence-corrected chi connectivity index (χ1v) is 5.78. The molecule has 4 nitrogen and oxygen atoms in total. The van der Waals surface area contributed by atoms with Gasteiger partial charge in [0, 0.05) is 0 Å². The maximum Gasteiger partial charge on any atom is 0.322 e. The maximum atomic E-state index is 12.0. The molecule has 2 N–H and O–H groups in total. The van der Waals surface area contributed by atoms with Crippen LogP contribution in [0.5, 0.6) is 5.75 Å². The number of methoxy groups -OCH3 is 1. The normalized spacial score (nSPS) is 11.7. The lowest BCUT2D eigenvalue weighted by atomic mass is 10.0. The fraction of sp³-hybridized carbons (Fsp3) is 0.462. The molecule has 0 aliphatic carbocycles. The van der Waals surface area contributed by atoms with Crippen molar-refractivity contribution in [2.24, 2.45) is 5.73 Å². The van der Waals surface area contributed by atoms with Crippen LogP contribution in [0.2, 0.25) is 0 Å². The number of esters is 1. The van der Waals surface area contributed by atoms with Gasteiger partial charge in [-0.05, 0) is 36.6 Å². The Hall–Kier alpha value is -1.40. The molecule has 0 aliphatic rings. The summed E-state index contributed by atoms with van der Waals surface area (Å²) < 4.78 is 33.5. The fourth-order valence-electron chi connectivity index (χ4n) is 1.62. The van der Waals surface area contributed by atoms with Gasteiger partial charge >= 0.3 is 5.97 Å². The Morgan fingerprint density at radius 1 is 1.40 bits per heavy atom. The van der Waals surface area contributed by atoms with Gasteiger partial charge in [0.1, 0.15) is 18.4 Å². The molecule has 0 saturated carbocycles. The summed E-state index contributed by atoms with van der Waals surface area (Å²) in [7, 11) is 1.27. The number of carbonyl (C=O) groups excluding carboxylic acids is 1. The van der Waals surface area contributed by atoms with Crippen LogP contribution in [0.25, 0.3) is 0 Å². The number of aryl methyl sites for hydroxylation is 1. The maximum absolute atomic E-state index is 12.0. The van der Waals surface area contributed by atoms with E-state index >= 15 is 0 Å². The summed E-state index contributed by atoms with van der Waals surface area (Å²) in [4.78, 5) is 11.2.